The fourth-order valence-corrected chi connectivity index (χ4v) is 2.20. The number of nitrogens with zero attached hydrogens (tertiary/aromatic N) is 2. The molecule has 0 amide bonds. The summed E-state index contributed by atoms with van der Waals surface area (Å²) in [5.41, 5.74) is 7.58. The minimum atomic E-state index is 0.399. The number of fused-ring (bicyclic) bond motifs is 1. The molecule has 0 aliphatic carbocycles. The van der Waals surface area contributed by atoms with Gasteiger partial charge in [-0.2, -0.15) is 0 Å². The highest BCUT2D eigenvalue weighted by molar-refractivity contribution is 5.56. The number of hydrogen-bond acceptors (Lipinski definition) is 3. The van der Waals surface area contributed by atoms with Gasteiger partial charge < -0.3 is 15.5 Å². The van der Waals surface area contributed by atoms with E-state index in [1.165, 1.54) is 12.8 Å². The molecule has 4 nitrogen and oxygen atoms in total. The molecule has 1 aliphatic rings. The van der Waals surface area contributed by atoms with E-state index in [0.717, 1.165) is 23.6 Å². The molecule has 1 atom stereocenters. The lowest BCUT2D eigenvalue weighted by molar-refractivity contribution is 0.603. The van der Waals surface area contributed by atoms with E-state index in [4.69, 9.17) is 5.73 Å². The molecule has 1 aliphatic heterocycles. The summed E-state index contributed by atoms with van der Waals surface area (Å²) in [7, 11) is 0. The van der Waals surface area contributed by atoms with Crippen LogP contribution < -0.4 is 11.1 Å². The Labute approximate surface area is 88.1 Å². The minimum Gasteiger partial charge on any atom is -0.399 e. The van der Waals surface area contributed by atoms with E-state index < -0.39 is 0 Å². The second-order valence-corrected chi connectivity index (χ2v) is 4.02. The van der Waals surface area contributed by atoms with Gasteiger partial charge in [0.25, 0.3) is 0 Å². The van der Waals surface area contributed by atoms with E-state index in [2.05, 4.69) is 14.7 Å². The SMILES string of the molecule is Nc1ccn2c(C3CCCN3)ncc2c1. The highest BCUT2D eigenvalue weighted by Gasteiger charge is 2.20. The van der Waals surface area contributed by atoms with Crippen LogP contribution in [0.2, 0.25) is 0 Å². The first-order valence-electron chi connectivity index (χ1n) is 5.30. The Kier molecular flexibility index (Phi) is 1.89. The van der Waals surface area contributed by atoms with Crippen LogP contribution in [0.15, 0.2) is 24.5 Å². The third-order valence-corrected chi connectivity index (χ3v) is 2.96. The maximum Gasteiger partial charge on any atom is 0.130 e. The van der Waals surface area contributed by atoms with Crippen molar-refractivity contribution in [3.63, 3.8) is 0 Å². The monoisotopic (exact) mass is 202 g/mol. The molecule has 15 heavy (non-hydrogen) atoms. The average Bonchev–Trinajstić information content (AvgIpc) is 2.82. The zero-order valence-corrected chi connectivity index (χ0v) is 8.48. The van der Waals surface area contributed by atoms with Crippen LogP contribution in [0.3, 0.4) is 0 Å². The summed E-state index contributed by atoms with van der Waals surface area (Å²) in [4.78, 5) is 4.46. The lowest BCUT2D eigenvalue weighted by Gasteiger charge is -2.08. The highest BCUT2D eigenvalue weighted by Crippen LogP contribution is 2.23. The van der Waals surface area contributed by atoms with Crippen molar-refractivity contribution in [3.8, 4) is 0 Å². The molecule has 1 fully saturated rings. The van der Waals surface area contributed by atoms with E-state index in [1.54, 1.807) is 0 Å². The minimum absolute atomic E-state index is 0.399. The second-order valence-electron chi connectivity index (χ2n) is 4.02. The molecule has 1 saturated heterocycles. The van der Waals surface area contributed by atoms with Gasteiger partial charge in [0.15, 0.2) is 0 Å². The Balaban J connectivity index is 2.11. The van der Waals surface area contributed by atoms with Crippen LogP contribution in [0.5, 0.6) is 0 Å². The Hall–Kier alpha value is -1.55. The molecule has 1 unspecified atom stereocenters. The lowest BCUT2D eigenvalue weighted by atomic mass is 10.2. The van der Waals surface area contributed by atoms with Crippen LogP contribution >= 0.6 is 0 Å². The Bertz CT molecular complexity index is 482. The van der Waals surface area contributed by atoms with Gasteiger partial charge in [-0.25, -0.2) is 4.98 Å². The van der Waals surface area contributed by atoms with Crippen LogP contribution in [-0.2, 0) is 0 Å². The molecule has 2 aromatic heterocycles. The Morgan fingerprint density at radius 3 is 3.27 bits per heavy atom. The number of pyridine rings is 1. The van der Waals surface area contributed by atoms with E-state index in [-0.39, 0.29) is 0 Å². The van der Waals surface area contributed by atoms with Gasteiger partial charge in [-0.3, -0.25) is 0 Å². The number of imidazole rings is 1. The predicted molar refractivity (Wildman–Crippen MR) is 59.6 cm³/mol. The summed E-state index contributed by atoms with van der Waals surface area (Å²) in [6, 6.07) is 4.26. The summed E-state index contributed by atoms with van der Waals surface area (Å²) < 4.78 is 2.11. The van der Waals surface area contributed by atoms with Crippen molar-refractivity contribution in [2.24, 2.45) is 0 Å². The third kappa shape index (κ3) is 1.37. The summed E-state index contributed by atoms with van der Waals surface area (Å²) >= 11 is 0. The molecule has 3 heterocycles. The molecule has 2 aromatic rings. The van der Waals surface area contributed by atoms with Gasteiger partial charge in [-0.15, -0.1) is 0 Å². The number of hydrogen-bond donors (Lipinski definition) is 2. The molecule has 0 aromatic carbocycles. The summed E-state index contributed by atoms with van der Waals surface area (Å²) in [5, 5.41) is 3.45. The van der Waals surface area contributed by atoms with Gasteiger partial charge in [0.2, 0.25) is 0 Å². The molecule has 3 rings (SSSR count). The summed E-state index contributed by atoms with van der Waals surface area (Å²) in [6.45, 7) is 1.09. The van der Waals surface area contributed by atoms with Gasteiger partial charge in [-0.05, 0) is 31.5 Å². The van der Waals surface area contributed by atoms with Gasteiger partial charge >= 0.3 is 0 Å². The van der Waals surface area contributed by atoms with Gasteiger partial charge in [0.1, 0.15) is 5.82 Å². The molecule has 0 bridgehead atoms. The maximum absolute atomic E-state index is 5.73. The van der Waals surface area contributed by atoms with Crippen molar-refractivity contribution < 1.29 is 0 Å². The molecule has 4 heteroatoms. The van der Waals surface area contributed by atoms with Crippen molar-refractivity contribution >= 4 is 11.2 Å². The quantitative estimate of drug-likeness (QED) is 0.733. The van der Waals surface area contributed by atoms with Crippen molar-refractivity contribution in [2.75, 3.05) is 12.3 Å². The van der Waals surface area contributed by atoms with Crippen LogP contribution in [0.4, 0.5) is 5.69 Å². The van der Waals surface area contributed by atoms with Crippen LogP contribution in [-0.4, -0.2) is 15.9 Å². The van der Waals surface area contributed by atoms with Gasteiger partial charge in [-0.1, -0.05) is 0 Å². The topological polar surface area (TPSA) is 55.4 Å². The number of nitrogens with one attached hydrogen (secondary N) is 1. The third-order valence-electron chi connectivity index (χ3n) is 2.96. The molecular weight excluding hydrogens is 188 g/mol. The second kappa shape index (κ2) is 3.24. The summed E-state index contributed by atoms with van der Waals surface area (Å²) in [6.07, 6.45) is 6.27. The Morgan fingerprint density at radius 2 is 2.47 bits per heavy atom. The van der Waals surface area contributed by atoms with Gasteiger partial charge in [0.05, 0.1) is 17.8 Å². The first-order valence-corrected chi connectivity index (χ1v) is 5.30. The highest BCUT2D eigenvalue weighted by atomic mass is 15.1. The fraction of sp³-hybridized carbons (Fsp3) is 0.364. The predicted octanol–water partition coefficient (Wildman–Crippen LogP) is 1.34. The van der Waals surface area contributed by atoms with E-state index in [1.807, 2.05) is 24.5 Å². The standard InChI is InChI=1S/C11H14N4/c12-8-3-5-15-9(6-8)7-14-11(15)10-2-1-4-13-10/h3,5-7,10,13H,1-2,4,12H2. The van der Waals surface area contributed by atoms with Crippen molar-refractivity contribution in [1.82, 2.24) is 14.7 Å². The van der Waals surface area contributed by atoms with Crippen LogP contribution in [0.1, 0.15) is 24.7 Å². The van der Waals surface area contributed by atoms with Crippen molar-refractivity contribution in [3.05, 3.63) is 30.4 Å². The number of rotatable bonds is 1. The number of nitrogen functional groups attached to an aromatic ring is 1. The van der Waals surface area contributed by atoms with Crippen LogP contribution in [0.25, 0.3) is 5.52 Å². The molecule has 3 N–H and O–H groups in total. The van der Waals surface area contributed by atoms with E-state index in [9.17, 15) is 0 Å². The molecule has 0 radical (unpaired) electrons. The molecule has 0 saturated carbocycles. The average molecular weight is 202 g/mol. The smallest absolute Gasteiger partial charge is 0.130 e. The van der Waals surface area contributed by atoms with Crippen LogP contribution in [0, 0.1) is 0 Å². The maximum atomic E-state index is 5.73. The molecule has 78 valence electrons. The lowest BCUT2D eigenvalue weighted by Crippen LogP contribution is -2.15. The Morgan fingerprint density at radius 1 is 1.53 bits per heavy atom. The largest absolute Gasteiger partial charge is 0.399 e. The van der Waals surface area contributed by atoms with Crippen molar-refractivity contribution in [1.29, 1.82) is 0 Å². The fourth-order valence-electron chi connectivity index (χ4n) is 2.20. The van der Waals surface area contributed by atoms with E-state index in [0.29, 0.717) is 6.04 Å². The summed E-state index contributed by atoms with van der Waals surface area (Å²) in [5.74, 6) is 1.10. The normalized spacial score (nSPS) is 21.2. The first-order chi connectivity index (χ1) is 7.34. The zero-order chi connectivity index (χ0) is 10.3. The molecule has 0 spiro atoms. The molecular formula is C11H14N4. The van der Waals surface area contributed by atoms with Crippen molar-refractivity contribution in [2.45, 2.75) is 18.9 Å². The zero-order valence-electron chi connectivity index (χ0n) is 8.48. The number of anilines is 1. The number of aromatic nitrogens is 2. The van der Waals surface area contributed by atoms with Gasteiger partial charge in [0, 0.05) is 11.9 Å². The van der Waals surface area contributed by atoms with E-state index >= 15 is 0 Å². The number of nitrogens with two attached hydrogens (primary N) is 1. The first kappa shape index (κ1) is 8.73.